The summed E-state index contributed by atoms with van der Waals surface area (Å²) >= 11 is 5.98. The zero-order valence-corrected chi connectivity index (χ0v) is 18.4. The number of carbonyl (C=O) groups is 2. The van der Waals surface area contributed by atoms with E-state index in [1.54, 1.807) is 6.92 Å². The normalized spacial score (nSPS) is 18.4. The molecule has 1 aromatic rings. The molecule has 2 aliphatic rings. The van der Waals surface area contributed by atoms with Gasteiger partial charge in [0.05, 0.1) is 11.8 Å². The lowest BCUT2D eigenvalue weighted by atomic mass is 9.90. The SMILES string of the molecule is C=O.CCC1C(=O)ON=C1[C@@H](CC1=CC=CCCC1)Nc1ccc(Cl)cc1.CCO. The number of oxime groups is 1. The Hall–Kier alpha value is -2.44. The molecule has 1 aromatic carbocycles. The summed E-state index contributed by atoms with van der Waals surface area (Å²) in [6.07, 6.45) is 11.3. The predicted molar refractivity (Wildman–Crippen MR) is 122 cm³/mol. The highest BCUT2D eigenvalue weighted by atomic mass is 35.5. The molecular weight excluding hydrogens is 404 g/mol. The number of allylic oxidation sites excluding steroid dienone is 3. The van der Waals surface area contributed by atoms with Gasteiger partial charge in [-0.1, -0.05) is 47.5 Å². The highest BCUT2D eigenvalue weighted by Gasteiger charge is 2.36. The Kier molecular flexibility index (Phi) is 12.4. The molecule has 6 nitrogen and oxygen atoms in total. The van der Waals surface area contributed by atoms with Gasteiger partial charge in [-0.2, -0.15) is 0 Å². The fourth-order valence-corrected chi connectivity index (χ4v) is 3.39. The maximum absolute atomic E-state index is 12.0. The molecule has 1 heterocycles. The van der Waals surface area contributed by atoms with E-state index in [0.717, 1.165) is 37.1 Å². The van der Waals surface area contributed by atoms with Crippen molar-refractivity contribution >= 4 is 35.8 Å². The molecule has 0 aromatic heterocycles. The first-order valence-corrected chi connectivity index (χ1v) is 10.5. The Morgan fingerprint density at radius 2 is 1.97 bits per heavy atom. The zero-order chi connectivity index (χ0) is 22.4. The number of aliphatic hydroxyl groups is 1. The van der Waals surface area contributed by atoms with Crippen LogP contribution in [0.5, 0.6) is 0 Å². The monoisotopic (exact) mass is 434 g/mol. The van der Waals surface area contributed by atoms with E-state index in [1.165, 1.54) is 5.57 Å². The maximum Gasteiger partial charge on any atom is 0.343 e. The number of nitrogens with one attached hydrogen (secondary N) is 1. The van der Waals surface area contributed by atoms with E-state index in [0.29, 0.717) is 11.4 Å². The smallest absolute Gasteiger partial charge is 0.343 e. The summed E-state index contributed by atoms with van der Waals surface area (Å²) in [6, 6.07) is 7.51. The van der Waals surface area contributed by atoms with Gasteiger partial charge >= 0.3 is 5.97 Å². The summed E-state index contributed by atoms with van der Waals surface area (Å²) in [7, 11) is 0. The summed E-state index contributed by atoms with van der Waals surface area (Å²) in [5, 5.41) is 15.9. The maximum atomic E-state index is 12.0. The van der Waals surface area contributed by atoms with Gasteiger partial charge in [0.15, 0.2) is 0 Å². The predicted octanol–water partition coefficient (Wildman–Crippen LogP) is 4.93. The van der Waals surface area contributed by atoms with Gasteiger partial charge in [-0.05, 0) is 63.3 Å². The van der Waals surface area contributed by atoms with E-state index >= 15 is 0 Å². The second kappa shape index (κ2) is 14.5. The van der Waals surface area contributed by atoms with Gasteiger partial charge in [-0.25, -0.2) is 4.79 Å². The molecule has 30 heavy (non-hydrogen) atoms. The van der Waals surface area contributed by atoms with Crippen LogP contribution in [-0.4, -0.2) is 36.2 Å². The van der Waals surface area contributed by atoms with Crippen molar-refractivity contribution in [3.05, 3.63) is 53.1 Å². The number of nitrogens with zero attached hydrogens (tertiary/aromatic N) is 1. The van der Waals surface area contributed by atoms with Crippen molar-refractivity contribution in [1.82, 2.24) is 0 Å². The molecule has 2 N–H and O–H groups in total. The van der Waals surface area contributed by atoms with Gasteiger partial charge in [0.25, 0.3) is 0 Å². The molecule has 7 heteroatoms. The van der Waals surface area contributed by atoms with Gasteiger partial charge in [0.2, 0.25) is 0 Å². The summed E-state index contributed by atoms with van der Waals surface area (Å²) in [5.74, 6) is -0.526. The standard InChI is InChI=1S/C20H23ClN2O2.C2H6O.CH2O/c1-2-17-19(23-25-20(17)24)18(13-14-7-5-3-4-6-8-14)22-16-11-9-15(21)10-12-16;1-2-3;1-2/h3,5,7,9-12,17-18,22H,2,4,6,8,13H2,1H3;3H,2H2,1H3;1H2/t17?,18-;;/m1../s1. The molecule has 164 valence electrons. The van der Waals surface area contributed by atoms with Crippen molar-refractivity contribution in [2.75, 3.05) is 11.9 Å². The van der Waals surface area contributed by atoms with Gasteiger partial charge in [-0.3, -0.25) is 0 Å². The number of carbonyl (C=O) groups excluding carboxylic acids is 2. The molecule has 1 unspecified atom stereocenters. The molecule has 0 amide bonds. The number of anilines is 1. The van der Waals surface area contributed by atoms with Crippen LogP contribution >= 0.6 is 11.6 Å². The van der Waals surface area contributed by atoms with Crippen LogP contribution in [0.1, 0.15) is 46.0 Å². The number of rotatable bonds is 6. The molecular formula is C23H31ClN2O4. The minimum absolute atomic E-state index is 0.0738. The van der Waals surface area contributed by atoms with Gasteiger partial charge < -0.3 is 20.1 Å². The molecule has 0 spiro atoms. The fourth-order valence-electron chi connectivity index (χ4n) is 3.27. The van der Waals surface area contributed by atoms with Crippen molar-refractivity contribution in [2.24, 2.45) is 11.1 Å². The van der Waals surface area contributed by atoms with E-state index in [-0.39, 0.29) is 24.5 Å². The molecule has 0 fully saturated rings. The minimum atomic E-state index is -0.272. The van der Waals surface area contributed by atoms with E-state index in [4.69, 9.17) is 26.3 Å². The number of hydrogen-bond donors (Lipinski definition) is 2. The third-order valence-corrected chi connectivity index (χ3v) is 4.89. The van der Waals surface area contributed by atoms with Gasteiger partial charge in [0.1, 0.15) is 12.7 Å². The highest BCUT2D eigenvalue weighted by Crippen LogP contribution is 2.27. The van der Waals surface area contributed by atoms with Crippen molar-refractivity contribution < 1.29 is 19.5 Å². The van der Waals surface area contributed by atoms with Crippen LogP contribution in [0.3, 0.4) is 0 Å². The van der Waals surface area contributed by atoms with Crippen molar-refractivity contribution in [2.45, 2.75) is 52.0 Å². The largest absolute Gasteiger partial charge is 0.397 e. The summed E-state index contributed by atoms with van der Waals surface area (Å²) < 4.78 is 0. The van der Waals surface area contributed by atoms with Crippen LogP contribution in [0.15, 0.2) is 53.2 Å². The molecule has 2 atom stereocenters. The summed E-state index contributed by atoms with van der Waals surface area (Å²) in [6.45, 7) is 5.92. The lowest BCUT2D eigenvalue weighted by Crippen LogP contribution is -2.35. The van der Waals surface area contributed by atoms with E-state index in [9.17, 15) is 4.79 Å². The Bertz CT molecular complexity index is 744. The number of aliphatic hydroxyl groups excluding tert-OH is 1. The lowest BCUT2D eigenvalue weighted by molar-refractivity contribution is -0.143. The summed E-state index contributed by atoms with van der Waals surface area (Å²) in [5.41, 5.74) is 3.10. The Morgan fingerprint density at radius 1 is 1.30 bits per heavy atom. The molecule has 0 saturated heterocycles. The second-order valence-electron chi connectivity index (χ2n) is 6.76. The van der Waals surface area contributed by atoms with Crippen molar-refractivity contribution in [1.29, 1.82) is 0 Å². The molecule has 0 bridgehead atoms. The topological polar surface area (TPSA) is 88.0 Å². The van der Waals surface area contributed by atoms with Crippen molar-refractivity contribution in [3.63, 3.8) is 0 Å². The van der Waals surface area contributed by atoms with Crippen molar-refractivity contribution in [3.8, 4) is 0 Å². The van der Waals surface area contributed by atoms with Crippen LogP contribution in [0.4, 0.5) is 5.69 Å². The third kappa shape index (κ3) is 8.13. The number of halogens is 1. The molecule has 1 aliphatic carbocycles. The first kappa shape index (κ1) is 25.6. The van der Waals surface area contributed by atoms with Crippen LogP contribution < -0.4 is 5.32 Å². The Morgan fingerprint density at radius 3 is 2.60 bits per heavy atom. The molecule has 0 saturated carbocycles. The number of hydrogen-bond acceptors (Lipinski definition) is 6. The van der Waals surface area contributed by atoms with Crippen LogP contribution in [0, 0.1) is 5.92 Å². The third-order valence-electron chi connectivity index (χ3n) is 4.64. The Balaban J connectivity index is 0.000000826. The average molecular weight is 435 g/mol. The summed E-state index contributed by atoms with van der Waals surface area (Å²) in [4.78, 5) is 24.9. The first-order valence-electron chi connectivity index (χ1n) is 10.1. The van der Waals surface area contributed by atoms with Crippen LogP contribution in [-0.2, 0) is 14.4 Å². The zero-order valence-electron chi connectivity index (χ0n) is 17.6. The van der Waals surface area contributed by atoms with E-state index in [1.807, 2.05) is 38.0 Å². The Labute approximate surface area is 183 Å². The fraction of sp³-hybridized carbons (Fsp3) is 0.435. The lowest BCUT2D eigenvalue weighted by Gasteiger charge is -2.23. The van der Waals surface area contributed by atoms with Gasteiger partial charge in [-0.15, -0.1) is 0 Å². The van der Waals surface area contributed by atoms with Crippen LogP contribution in [0.2, 0.25) is 5.02 Å². The van der Waals surface area contributed by atoms with Crippen LogP contribution in [0.25, 0.3) is 0 Å². The number of benzene rings is 1. The average Bonchev–Trinajstić information content (AvgIpc) is 2.95. The first-order chi connectivity index (χ1) is 14.6. The van der Waals surface area contributed by atoms with E-state index < -0.39 is 0 Å². The van der Waals surface area contributed by atoms with Gasteiger partial charge in [0, 0.05) is 17.3 Å². The minimum Gasteiger partial charge on any atom is -0.397 e. The highest BCUT2D eigenvalue weighted by molar-refractivity contribution is 6.30. The van der Waals surface area contributed by atoms with E-state index in [2.05, 4.69) is 28.7 Å². The molecule has 1 aliphatic heterocycles. The quantitative estimate of drug-likeness (QED) is 0.619. The molecule has 3 rings (SSSR count). The second-order valence-corrected chi connectivity index (χ2v) is 7.19. The molecule has 0 radical (unpaired) electrons.